The van der Waals surface area contributed by atoms with Crippen LogP contribution in [0.5, 0.6) is 0 Å². The second-order valence-corrected chi connectivity index (χ2v) is 7.67. The van der Waals surface area contributed by atoms with E-state index in [4.69, 9.17) is 19.1 Å². The van der Waals surface area contributed by atoms with Gasteiger partial charge in [0.15, 0.2) is 12.2 Å². The Morgan fingerprint density at radius 1 is 1.00 bits per heavy atom. The highest BCUT2D eigenvalue weighted by molar-refractivity contribution is 5.73. The summed E-state index contributed by atoms with van der Waals surface area (Å²) in [7, 11) is 0. The number of carboxylic acids is 1. The summed E-state index contributed by atoms with van der Waals surface area (Å²) in [5, 5.41) is 10.4. The number of oxazole rings is 1. The van der Waals surface area contributed by atoms with Gasteiger partial charge in [0.2, 0.25) is 5.95 Å². The Morgan fingerprint density at radius 2 is 1.73 bits per heavy atom. The van der Waals surface area contributed by atoms with Crippen LogP contribution in [0.25, 0.3) is 22.6 Å². The van der Waals surface area contributed by atoms with Crippen molar-refractivity contribution in [2.75, 3.05) is 36.5 Å². The van der Waals surface area contributed by atoms with Crippen LogP contribution in [0, 0.1) is 0 Å². The molecular weight excluding hydrogens is 493 g/mol. The SMILES string of the molecule is O=C(O)C(F)(F)F.c1cc(-c2cncc(N3CCOCC3)c2)nc(Nc2ccc(-c3cnco3)cc2)n1. The Labute approximate surface area is 208 Å². The summed E-state index contributed by atoms with van der Waals surface area (Å²) in [4.78, 5) is 28.5. The van der Waals surface area contributed by atoms with Gasteiger partial charge >= 0.3 is 12.1 Å². The van der Waals surface area contributed by atoms with Gasteiger partial charge in [-0.2, -0.15) is 13.2 Å². The number of carbonyl (C=O) groups is 1. The number of ether oxygens (including phenoxy) is 1. The molecule has 0 saturated carbocycles. The first-order valence-electron chi connectivity index (χ1n) is 11.0. The van der Waals surface area contributed by atoms with Crippen LogP contribution in [0.2, 0.25) is 0 Å². The molecule has 192 valence electrons. The second kappa shape index (κ2) is 11.5. The van der Waals surface area contributed by atoms with E-state index >= 15 is 0 Å². The number of pyridine rings is 1. The van der Waals surface area contributed by atoms with Gasteiger partial charge in [-0.25, -0.2) is 19.7 Å². The number of hydrogen-bond donors (Lipinski definition) is 2. The molecule has 1 aliphatic heterocycles. The zero-order valence-corrected chi connectivity index (χ0v) is 19.2. The highest BCUT2D eigenvalue weighted by Gasteiger charge is 2.38. The van der Waals surface area contributed by atoms with Crippen LogP contribution in [-0.2, 0) is 9.53 Å². The zero-order valence-electron chi connectivity index (χ0n) is 19.2. The summed E-state index contributed by atoms with van der Waals surface area (Å²) in [6.07, 6.45) is 3.47. The molecule has 1 saturated heterocycles. The maximum atomic E-state index is 10.6. The third-order valence-electron chi connectivity index (χ3n) is 5.15. The van der Waals surface area contributed by atoms with Gasteiger partial charge in [0.05, 0.1) is 37.0 Å². The first-order valence-corrected chi connectivity index (χ1v) is 11.0. The van der Waals surface area contributed by atoms with E-state index in [0.29, 0.717) is 5.95 Å². The zero-order chi connectivity index (χ0) is 26.3. The van der Waals surface area contributed by atoms with E-state index in [1.54, 1.807) is 12.4 Å². The summed E-state index contributed by atoms with van der Waals surface area (Å²) in [6.45, 7) is 3.21. The van der Waals surface area contributed by atoms with Crippen molar-refractivity contribution in [1.82, 2.24) is 19.9 Å². The Kier molecular flexibility index (Phi) is 7.93. The first-order chi connectivity index (χ1) is 17.8. The Hall–Kier alpha value is -4.52. The molecule has 10 nitrogen and oxygen atoms in total. The van der Waals surface area contributed by atoms with Crippen molar-refractivity contribution in [3.8, 4) is 22.6 Å². The predicted octanol–water partition coefficient (Wildman–Crippen LogP) is 4.41. The number of alkyl halides is 3. The third kappa shape index (κ3) is 7.01. The lowest BCUT2D eigenvalue weighted by molar-refractivity contribution is -0.192. The van der Waals surface area contributed by atoms with E-state index in [0.717, 1.165) is 60.3 Å². The summed E-state index contributed by atoms with van der Waals surface area (Å²) in [5.74, 6) is -1.50. The minimum Gasteiger partial charge on any atom is -0.475 e. The molecule has 4 heterocycles. The molecule has 37 heavy (non-hydrogen) atoms. The largest absolute Gasteiger partial charge is 0.490 e. The van der Waals surface area contributed by atoms with Crippen molar-refractivity contribution < 1.29 is 32.2 Å². The third-order valence-corrected chi connectivity index (χ3v) is 5.15. The number of hydrogen-bond acceptors (Lipinski definition) is 9. The normalized spacial score (nSPS) is 13.4. The molecule has 0 aliphatic carbocycles. The lowest BCUT2D eigenvalue weighted by Crippen LogP contribution is -2.36. The molecule has 1 aliphatic rings. The number of nitrogens with one attached hydrogen (secondary N) is 1. The number of aromatic nitrogens is 4. The van der Waals surface area contributed by atoms with Crippen LogP contribution in [0.1, 0.15) is 0 Å². The highest BCUT2D eigenvalue weighted by atomic mass is 19.4. The predicted molar refractivity (Wildman–Crippen MR) is 127 cm³/mol. The maximum Gasteiger partial charge on any atom is 0.490 e. The van der Waals surface area contributed by atoms with Crippen LogP contribution in [-0.4, -0.2) is 63.5 Å². The summed E-state index contributed by atoms with van der Waals surface area (Å²) in [6, 6.07) is 11.8. The highest BCUT2D eigenvalue weighted by Crippen LogP contribution is 2.25. The lowest BCUT2D eigenvalue weighted by Gasteiger charge is -2.28. The molecule has 0 amide bonds. The Morgan fingerprint density at radius 3 is 2.38 bits per heavy atom. The van der Waals surface area contributed by atoms with E-state index in [9.17, 15) is 13.2 Å². The molecule has 2 N–H and O–H groups in total. The molecular formula is C24H21F3N6O4. The minimum absolute atomic E-state index is 0.525. The van der Waals surface area contributed by atoms with Crippen molar-refractivity contribution in [3.63, 3.8) is 0 Å². The van der Waals surface area contributed by atoms with Crippen LogP contribution in [0.15, 0.2) is 72.0 Å². The summed E-state index contributed by atoms with van der Waals surface area (Å²) in [5.41, 5.74) is 4.68. The van der Waals surface area contributed by atoms with Gasteiger partial charge in [0.1, 0.15) is 0 Å². The Balaban J connectivity index is 0.000000405. The number of aliphatic carboxylic acids is 1. The van der Waals surface area contributed by atoms with E-state index in [-0.39, 0.29) is 0 Å². The molecule has 0 radical (unpaired) electrons. The van der Waals surface area contributed by atoms with Gasteiger partial charge in [0.25, 0.3) is 0 Å². The number of halogens is 3. The molecule has 0 atom stereocenters. The quantitative estimate of drug-likeness (QED) is 0.395. The van der Waals surface area contributed by atoms with Crippen molar-refractivity contribution in [3.05, 3.63) is 67.6 Å². The van der Waals surface area contributed by atoms with Crippen LogP contribution in [0.4, 0.5) is 30.5 Å². The average molecular weight is 514 g/mol. The fraction of sp³-hybridized carbons (Fsp3) is 0.208. The van der Waals surface area contributed by atoms with Gasteiger partial charge in [-0.1, -0.05) is 0 Å². The fourth-order valence-corrected chi connectivity index (χ4v) is 3.35. The smallest absolute Gasteiger partial charge is 0.475 e. The van der Waals surface area contributed by atoms with Crippen molar-refractivity contribution in [2.24, 2.45) is 0 Å². The van der Waals surface area contributed by atoms with E-state index < -0.39 is 12.1 Å². The number of nitrogens with zero attached hydrogens (tertiary/aromatic N) is 5. The minimum atomic E-state index is -5.08. The molecule has 13 heteroatoms. The molecule has 4 aromatic rings. The topological polar surface area (TPSA) is 126 Å². The monoisotopic (exact) mass is 514 g/mol. The lowest BCUT2D eigenvalue weighted by atomic mass is 10.1. The second-order valence-electron chi connectivity index (χ2n) is 7.67. The average Bonchev–Trinajstić information content (AvgIpc) is 3.45. The van der Waals surface area contributed by atoms with Gasteiger partial charge in [0, 0.05) is 42.3 Å². The van der Waals surface area contributed by atoms with Crippen molar-refractivity contribution in [1.29, 1.82) is 0 Å². The first kappa shape index (κ1) is 25.6. The molecule has 1 fully saturated rings. The molecule has 0 bridgehead atoms. The number of anilines is 3. The van der Waals surface area contributed by atoms with Crippen molar-refractivity contribution in [2.45, 2.75) is 6.18 Å². The molecule has 5 rings (SSSR count). The number of carboxylic acid groups (broad SMARTS) is 1. The molecule has 0 spiro atoms. The van der Waals surface area contributed by atoms with Gasteiger partial charge in [-0.15, -0.1) is 0 Å². The van der Waals surface area contributed by atoms with Gasteiger partial charge in [-0.3, -0.25) is 4.98 Å². The van der Waals surface area contributed by atoms with Gasteiger partial charge < -0.3 is 24.5 Å². The standard InChI is InChI=1S/C22H20N6O2.C2HF3O2/c1-3-18(4-2-16(1)21-14-24-15-30-21)26-22-25-6-5-20(27-22)17-11-19(13-23-12-17)28-7-9-29-10-8-28;3-2(4,5)1(6)7/h1-6,11-15H,7-10H2,(H,25,26,27);(H,6,7). The Bertz CT molecular complexity index is 1310. The summed E-state index contributed by atoms with van der Waals surface area (Å²) < 4.78 is 42.5. The molecule has 0 unspecified atom stereocenters. The van der Waals surface area contributed by atoms with E-state index in [1.807, 2.05) is 42.7 Å². The summed E-state index contributed by atoms with van der Waals surface area (Å²) >= 11 is 0. The van der Waals surface area contributed by atoms with E-state index in [1.165, 1.54) is 6.39 Å². The van der Waals surface area contributed by atoms with E-state index in [2.05, 4.69) is 36.2 Å². The molecule has 1 aromatic carbocycles. The number of benzene rings is 1. The van der Waals surface area contributed by atoms with Crippen molar-refractivity contribution >= 4 is 23.3 Å². The number of morpholine rings is 1. The molecule has 3 aromatic heterocycles. The number of rotatable bonds is 5. The fourth-order valence-electron chi connectivity index (χ4n) is 3.35. The van der Waals surface area contributed by atoms with Crippen LogP contribution in [0.3, 0.4) is 0 Å². The van der Waals surface area contributed by atoms with Gasteiger partial charge in [-0.05, 0) is 36.4 Å². The van der Waals surface area contributed by atoms with Crippen LogP contribution >= 0.6 is 0 Å². The van der Waals surface area contributed by atoms with Crippen LogP contribution < -0.4 is 10.2 Å². The maximum absolute atomic E-state index is 10.6.